The van der Waals surface area contributed by atoms with Crippen LogP contribution < -0.4 is 57.1 Å². The minimum absolute atomic E-state index is 0. The lowest BCUT2D eigenvalue weighted by Gasteiger charge is -2.05. The van der Waals surface area contributed by atoms with E-state index in [1.807, 2.05) is 0 Å². The lowest BCUT2D eigenvalue weighted by molar-refractivity contribution is -0.695. The Kier molecular flexibility index (Phi) is 17.0. The molecule has 6 nitrogen and oxygen atoms in total. The van der Waals surface area contributed by atoms with Gasteiger partial charge in [0.1, 0.15) is 13.1 Å². The molecule has 0 saturated heterocycles. The molecule has 0 aromatic carbocycles. The minimum atomic E-state index is -0.196. The van der Waals surface area contributed by atoms with Gasteiger partial charge in [-0.1, -0.05) is 22.7 Å². The van der Waals surface area contributed by atoms with Crippen molar-refractivity contribution in [3.63, 3.8) is 0 Å². The van der Waals surface area contributed by atoms with Crippen LogP contribution >= 0.6 is 22.7 Å². The fourth-order valence-electron chi connectivity index (χ4n) is 3.20. The van der Waals surface area contributed by atoms with Gasteiger partial charge in [0.2, 0.25) is 11.0 Å². The summed E-state index contributed by atoms with van der Waals surface area (Å²) in [6.07, 6.45) is 3.48. The molecule has 32 heavy (non-hydrogen) atoms. The van der Waals surface area contributed by atoms with Crippen LogP contribution in [0, 0.1) is 13.8 Å². The number of carbonyl (C=O) groups is 2. The standard InChI is InChI=1S/C22H34N2O4S2.2HI/c1-5-23-15-29-19(17(23)3)11-13-27-21(25)9-7-8-10-22(26)28-14-12-20-18(4)24(6-2)16-30-20;;/h15-16H,5-14H2,1-4H3;2*1H/q+2;;/p-2. The quantitative estimate of drug-likeness (QED) is 0.1000. The first-order valence-electron chi connectivity index (χ1n) is 10.7. The molecule has 2 heterocycles. The van der Waals surface area contributed by atoms with Crippen molar-refractivity contribution in [2.75, 3.05) is 13.2 Å². The third kappa shape index (κ3) is 10.3. The largest absolute Gasteiger partial charge is 1.00 e. The zero-order valence-electron chi connectivity index (χ0n) is 19.3. The molecule has 0 bridgehead atoms. The number of ether oxygens (including phenoxy) is 2. The number of aryl methyl sites for hydroxylation is 2. The van der Waals surface area contributed by atoms with Crippen LogP contribution in [-0.4, -0.2) is 25.2 Å². The van der Waals surface area contributed by atoms with E-state index in [2.05, 4.69) is 47.9 Å². The molecule has 0 aliphatic rings. The fourth-order valence-corrected chi connectivity index (χ4v) is 5.31. The predicted molar refractivity (Wildman–Crippen MR) is 118 cm³/mol. The molecule has 0 unspecified atom stereocenters. The van der Waals surface area contributed by atoms with E-state index in [9.17, 15) is 9.59 Å². The normalized spacial score (nSPS) is 10.2. The summed E-state index contributed by atoms with van der Waals surface area (Å²) in [4.78, 5) is 26.3. The van der Waals surface area contributed by atoms with Crippen molar-refractivity contribution in [3.8, 4) is 0 Å². The molecule has 0 aliphatic heterocycles. The van der Waals surface area contributed by atoms with Crippen molar-refractivity contribution in [2.24, 2.45) is 0 Å². The van der Waals surface area contributed by atoms with E-state index in [0.29, 0.717) is 38.9 Å². The smallest absolute Gasteiger partial charge is 0.305 e. The first-order valence-corrected chi connectivity index (χ1v) is 12.5. The number of hydrogen-bond acceptors (Lipinski definition) is 6. The van der Waals surface area contributed by atoms with Crippen molar-refractivity contribution in [1.29, 1.82) is 0 Å². The highest BCUT2D eigenvalue weighted by Gasteiger charge is 2.15. The SMILES string of the molecule is CC[n+]1csc(CCOC(=O)CCCCC(=O)OCCc2sc[n+](CC)c2C)c1C.[I-].[I-]. The summed E-state index contributed by atoms with van der Waals surface area (Å²) in [5, 5.41) is 0. The van der Waals surface area contributed by atoms with E-state index in [4.69, 9.17) is 9.47 Å². The van der Waals surface area contributed by atoms with Gasteiger partial charge in [0.25, 0.3) is 0 Å². The number of nitrogens with zero attached hydrogens (tertiary/aromatic N) is 2. The fraction of sp³-hybridized carbons (Fsp3) is 0.636. The second-order valence-corrected chi connectivity index (χ2v) is 9.06. The van der Waals surface area contributed by atoms with Gasteiger partial charge in [-0.2, -0.15) is 9.13 Å². The third-order valence-electron chi connectivity index (χ3n) is 5.19. The Morgan fingerprint density at radius 3 is 1.47 bits per heavy atom. The van der Waals surface area contributed by atoms with Gasteiger partial charge in [0.15, 0.2) is 11.4 Å². The predicted octanol–water partition coefficient (Wildman–Crippen LogP) is -2.52. The summed E-state index contributed by atoms with van der Waals surface area (Å²) in [7, 11) is 0. The van der Waals surface area contributed by atoms with Crippen LogP contribution in [0.3, 0.4) is 0 Å². The molecule has 2 rings (SSSR count). The van der Waals surface area contributed by atoms with Crippen molar-refractivity contribution < 1.29 is 76.2 Å². The highest BCUT2D eigenvalue weighted by Crippen LogP contribution is 2.13. The maximum Gasteiger partial charge on any atom is 0.305 e. The molecule has 0 N–H and O–H groups in total. The zero-order valence-corrected chi connectivity index (χ0v) is 25.3. The van der Waals surface area contributed by atoms with E-state index in [-0.39, 0.29) is 59.9 Å². The first kappa shape index (κ1) is 31.7. The van der Waals surface area contributed by atoms with Gasteiger partial charge in [-0.3, -0.25) is 9.59 Å². The molecule has 182 valence electrons. The number of carbonyl (C=O) groups excluding carboxylic acids is 2. The maximum atomic E-state index is 11.9. The lowest BCUT2D eigenvalue weighted by atomic mass is 10.2. The summed E-state index contributed by atoms with van der Waals surface area (Å²) in [5.74, 6) is -0.392. The van der Waals surface area contributed by atoms with Crippen molar-refractivity contribution in [2.45, 2.75) is 79.3 Å². The Morgan fingerprint density at radius 2 is 1.16 bits per heavy atom. The van der Waals surface area contributed by atoms with Crippen molar-refractivity contribution in [3.05, 3.63) is 32.2 Å². The lowest BCUT2D eigenvalue weighted by Crippen LogP contribution is -3.00. The minimum Gasteiger partial charge on any atom is -1.00 e. The van der Waals surface area contributed by atoms with Crippen LogP contribution in [0.25, 0.3) is 0 Å². The highest BCUT2D eigenvalue weighted by molar-refractivity contribution is 7.09. The van der Waals surface area contributed by atoms with Gasteiger partial charge in [0.05, 0.1) is 23.0 Å². The summed E-state index contributed by atoms with van der Waals surface area (Å²) < 4.78 is 15.1. The number of rotatable bonds is 13. The zero-order chi connectivity index (χ0) is 21.9. The van der Waals surface area contributed by atoms with E-state index in [0.717, 1.165) is 25.9 Å². The van der Waals surface area contributed by atoms with Crippen LogP contribution in [0.5, 0.6) is 0 Å². The van der Waals surface area contributed by atoms with Crippen LogP contribution in [0.2, 0.25) is 0 Å². The molecule has 0 fully saturated rings. The number of halogens is 2. The summed E-state index contributed by atoms with van der Waals surface area (Å²) in [6.45, 7) is 11.2. The van der Waals surface area contributed by atoms with Crippen LogP contribution in [0.4, 0.5) is 0 Å². The van der Waals surface area contributed by atoms with Gasteiger partial charge < -0.3 is 57.4 Å². The van der Waals surface area contributed by atoms with Crippen molar-refractivity contribution >= 4 is 34.6 Å². The molecule has 0 saturated carbocycles. The average molecular weight is 708 g/mol. The van der Waals surface area contributed by atoms with E-state index >= 15 is 0 Å². The number of unbranched alkanes of at least 4 members (excludes halogenated alkanes) is 1. The molecule has 0 spiro atoms. The molecule has 0 amide bonds. The summed E-state index contributed by atoms with van der Waals surface area (Å²) in [6, 6.07) is 0. The van der Waals surface area contributed by atoms with Gasteiger partial charge in [-0.15, -0.1) is 0 Å². The monoisotopic (exact) mass is 708 g/mol. The second-order valence-electron chi connectivity index (χ2n) is 7.18. The Labute approximate surface area is 233 Å². The molecule has 0 aliphatic carbocycles. The molecule has 0 atom stereocenters. The second kappa shape index (κ2) is 17.1. The van der Waals surface area contributed by atoms with Crippen LogP contribution in [0.1, 0.15) is 60.7 Å². The van der Waals surface area contributed by atoms with Crippen LogP contribution in [-0.2, 0) is 45.0 Å². The molecular formula is C22H34I2N2O4S2. The molecule has 2 aromatic heterocycles. The Bertz CT molecular complexity index is 772. The first-order chi connectivity index (χ1) is 14.5. The van der Waals surface area contributed by atoms with Gasteiger partial charge >= 0.3 is 11.9 Å². The van der Waals surface area contributed by atoms with Crippen LogP contribution in [0.15, 0.2) is 11.0 Å². The Hall–Kier alpha value is -0.340. The van der Waals surface area contributed by atoms with E-state index in [1.165, 1.54) is 21.1 Å². The molecule has 2 aromatic rings. The number of hydrogen-bond donors (Lipinski definition) is 0. The molecule has 0 radical (unpaired) electrons. The topological polar surface area (TPSA) is 60.4 Å². The number of thiazole rings is 2. The Balaban J connectivity index is 0.00000480. The van der Waals surface area contributed by atoms with E-state index in [1.54, 1.807) is 22.7 Å². The van der Waals surface area contributed by atoms with Gasteiger partial charge in [0, 0.05) is 39.5 Å². The molecule has 10 heteroatoms. The number of esters is 2. The maximum absolute atomic E-state index is 11.9. The van der Waals surface area contributed by atoms with Gasteiger partial charge in [-0.25, -0.2) is 0 Å². The number of aromatic nitrogens is 2. The summed E-state index contributed by atoms with van der Waals surface area (Å²) >= 11 is 3.41. The van der Waals surface area contributed by atoms with Gasteiger partial charge in [-0.05, 0) is 26.7 Å². The third-order valence-corrected chi connectivity index (χ3v) is 7.48. The highest BCUT2D eigenvalue weighted by atomic mass is 127. The van der Waals surface area contributed by atoms with Crippen molar-refractivity contribution in [1.82, 2.24) is 0 Å². The van der Waals surface area contributed by atoms with E-state index < -0.39 is 0 Å². The molecular weight excluding hydrogens is 674 g/mol. The Morgan fingerprint density at radius 1 is 0.781 bits per heavy atom. The average Bonchev–Trinajstić information content (AvgIpc) is 3.27. The summed E-state index contributed by atoms with van der Waals surface area (Å²) in [5.41, 5.74) is 6.70.